The molecule has 6 rings (SSSR count). The van der Waals surface area contributed by atoms with E-state index in [1.54, 1.807) is 12.4 Å². The fraction of sp³-hybridized carbons (Fsp3) is 0.200. The number of nitrogens with zero attached hydrogens (tertiary/aromatic N) is 3. The number of rotatable bonds is 1. The minimum absolute atomic E-state index is 0.257. The van der Waals surface area contributed by atoms with Crippen molar-refractivity contribution in [2.45, 2.75) is 26.7 Å². The van der Waals surface area contributed by atoms with Crippen LogP contribution >= 0.6 is 0 Å². The van der Waals surface area contributed by atoms with Crippen LogP contribution in [-0.2, 0) is 7.05 Å². The van der Waals surface area contributed by atoms with Crippen LogP contribution in [0.1, 0.15) is 30.9 Å². The molecule has 3 nitrogen and oxygen atoms in total. The van der Waals surface area contributed by atoms with E-state index in [1.165, 1.54) is 38.9 Å². The summed E-state index contributed by atoms with van der Waals surface area (Å²) in [4.78, 5) is 4.54. The Morgan fingerprint density at radius 1 is 1.00 bits per heavy atom. The molecule has 3 heterocycles. The maximum Gasteiger partial charge on any atom is 0.287 e. The molecule has 29 heavy (non-hydrogen) atoms. The maximum absolute atomic E-state index is 14.7. The Bertz CT molecular complexity index is 1610. The SMILES string of the molecule is Cc1ccc2c3cccc(C(C)C)c3n3c4cc(F)cc5nc[n+](C)c(c1c23)c54. The van der Waals surface area contributed by atoms with Gasteiger partial charge < -0.3 is 4.40 Å². The highest BCUT2D eigenvalue weighted by atomic mass is 19.1. The van der Waals surface area contributed by atoms with Crippen molar-refractivity contribution in [3.8, 4) is 0 Å². The number of hydrogen-bond donors (Lipinski definition) is 0. The van der Waals surface area contributed by atoms with Gasteiger partial charge in [0.1, 0.15) is 11.3 Å². The summed E-state index contributed by atoms with van der Waals surface area (Å²) in [7, 11) is 2.02. The predicted octanol–water partition coefficient (Wildman–Crippen LogP) is 5.78. The quantitative estimate of drug-likeness (QED) is 0.201. The van der Waals surface area contributed by atoms with Gasteiger partial charge in [-0.15, -0.1) is 0 Å². The summed E-state index contributed by atoms with van der Waals surface area (Å²) in [6.07, 6.45) is 1.79. The third-order valence-corrected chi connectivity index (χ3v) is 6.31. The second-order valence-corrected chi connectivity index (χ2v) is 8.41. The number of fused-ring (bicyclic) bond motifs is 5. The van der Waals surface area contributed by atoms with Crippen molar-refractivity contribution in [1.29, 1.82) is 0 Å². The van der Waals surface area contributed by atoms with E-state index in [1.807, 2.05) is 7.05 Å². The Hall–Kier alpha value is -3.27. The summed E-state index contributed by atoms with van der Waals surface area (Å²) in [6.45, 7) is 6.58. The summed E-state index contributed by atoms with van der Waals surface area (Å²) < 4.78 is 19.0. The molecule has 3 aromatic carbocycles. The average molecular weight is 382 g/mol. The minimum Gasteiger partial charge on any atom is -0.307 e. The van der Waals surface area contributed by atoms with Crippen molar-refractivity contribution in [2.75, 3.05) is 0 Å². The molecular weight excluding hydrogens is 361 g/mol. The highest BCUT2D eigenvalue weighted by Crippen LogP contribution is 2.42. The predicted molar refractivity (Wildman–Crippen MR) is 116 cm³/mol. The first kappa shape index (κ1) is 16.7. The molecule has 0 aliphatic heterocycles. The Balaban J connectivity index is 2.13. The van der Waals surface area contributed by atoms with Gasteiger partial charge in [-0.1, -0.05) is 44.2 Å². The van der Waals surface area contributed by atoms with Gasteiger partial charge >= 0.3 is 0 Å². The van der Waals surface area contributed by atoms with Crippen LogP contribution in [0.2, 0.25) is 0 Å². The van der Waals surface area contributed by atoms with Gasteiger partial charge in [-0.2, -0.15) is 0 Å². The van der Waals surface area contributed by atoms with Crippen molar-refractivity contribution >= 4 is 49.1 Å². The fourth-order valence-corrected chi connectivity index (χ4v) is 5.07. The first-order valence-corrected chi connectivity index (χ1v) is 10.0. The molecule has 0 unspecified atom stereocenters. The molecule has 0 atom stereocenters. The van der Waals surface area contributed by atoms with Crippen LogP contribution in [0.15, 0.2) is 48.8 Å². The molecule has 0 aliphatic carbocycles. The zero-order chi connectivity index (χ0) is 20.0. The molecule has 0 N–H and O–H groups in total. The van der Waals surface area contributed by atoms with E-state index in [9.17, 15) is 4.39 Å². The lowest BCUT2D eigenvalue weighted by Gasteiger charge is -2.14. The molecule has 142 valence electrons. The van der Waals surface area contributed by atoms with E-state index in [4.69, 9.17) is 0 Å². The molecule has 3 aromatic heterocycles. The summed E-state index contributed by atoms with van der Waals surface area (Å²) in [5.41, 5.74) is 7.50. The summed E-state index contributed by atoms with van der Waals surface area (Å²) in [6, 6.07) is 14.1. The topological polar surface area (TPSA) is 21.2 Å². The zero-order valence-corrected chi connectivity index (χ0v) is 16.9. The lowest BCUT2D eigenvalue weighted by Crippen LogP contribution is -2.30. The van der Waals surface area contributed by atoms with Crippen LogP contribution in [0, 0.1) is 12.7 Å². The number of halogens is 1. The molecule has 6 aromatic rings. The number of aromatic nitrogens is 3. The lowest BCUT2D eigenvalue weighted by molar-refractivity contribution is -0.646. The molecule has 0 bridgehead atoms. The number of benzene rings is 3. The zero-order valence-electron chi connectivity index (χ0n) is 16.9. The number of hydrogen-bond acceptors (Lipinski definition) is 1. The van der Waals surface area contributed by atoms with Gasteiger partial charge in [-0.05, 0) is 35.0 Å². The van der Waals surface area contributed by atoms with Crippen LogP contribution in [-0.4, -0.2) is 9.38 Å². The molecule has 0 fully saturated rings. The van der Waals surface area contributed by atoms with Crippen molar-refractivity contribution in [3.63, 3.8) is 0 Å². The molecule has 0 radical (unpaired) electrons. The van der Waals surface area contributed by atoms with E-state index in [0.717, 1.165) is 21.9 Å². The second-order valence-electron chi connectivity index (χ2n) is 8.41. The highest BCUT2D eigenvalue weighted by molar-refractivity contribution is 6.25. The normalized spacial score (nSPS) is 12.6. The first-order valence-electron chi connectivity index (χ1n) is 10.0. The smallest absolute Gasteiger partial charge is 0.287 e. The van der Waals surface area contributed by atoms with E-state index < -0.39 is 0 Å². The van der Waals surface area contributed by atoms with Crippen LogP contribution in [0.25, 0.3) is 49.1 Å². The first-order chi connectivity index (χ1) is 14.0. The lowest BCUT2D eigenvalue weighted by atomic mass is 9.99. The van der Waals surface area contributed by atoms with Crippen LogP contribution in [0.3, 0.4) is 0 Å². The van der Waals surface area contributed by atoms with Gasteiger partial charge in [0, 0.05) is 22.2 Å². The van der Waals surface area contributed by atoms with Gasteiger partial charge in [-0.25, -0.2) is 8.96 Å². The third kappa shape index (κ3) is 1.96. The monoisotopic (exact) mass is 382 g/mol. The van der Waals surface area contributed by atoms with Crippen LogP contribution in [0.5, 0.6) is 0 Å². The standard InChI is InChI=1S/C25H21FN3/c1-13(2)16-6-5-7-17-18-9-8-14(3)21-24(18)29(23(16)17)20-11-15(26)10-19-22(20)25(21)28(4)12-27-19/h5-13H,1-4H3/q+1. The summed E-state index contributed by atoms with van der Waals surface area (Å²) >= 11 is 0. The van der Waals surface area contributed by atoms with Gasteiger partial charge in [-0.3, -0.25) is 0 Å². The van der Waals surface area contributed by atoms with Gasteiger partial charge in [0.2, 0.25) is 0 Å². The van der Waals surface area contributed by atoms with Crippen LogP contribution in [0.4, 0.5) is 4.39 Å². The molecule has 0 amide bonds. The largest absolute Gasteiger partial charge is 0.307 e. The number of pyridine rings is 1. The molecular formula is C25H21FN3+. The van der Waals surface area contributed by atoms with Gasteiger partial charge in [0.15, 0.2) is 5.52 Å². The molecule has 4 heteroatoms. The van der Waals surface area contributed by atoms with Crippen molar-refractivity contribution in [2.24, 2.45) is 7.05 Å². The second kappa shape index (κ2) is 5.41. The summed E-state index contributed by atoms with van der Waals surface area (Å²) in [5.74, 6) is 0.104. The van der Waals surface area contributed by atoms with Crippen molar-refractivity contribution in [1.82, 2.24) is 9.38 Å². The third-order valence-electron chi connectivity index (χ3n) is 6.31. The van der Waals surface area contributed by atoms with Gasteiger partial charge in [0.25, 0.3) is 6.33 Å². The van der Waals surface area contributed by atoms with E-state index in [-0.39, 0.29) is 5.82 Å². The number of para-hydroxylation sites is 1. The Kier molecular flexibility index (Phi) is 3.11. The Labute approximate surface area is 167 Å². The fourth-order valence-electron chi connectivity index (χ4n) is 5.07. The summed E-state index contributed by atoms with van der Waals surface area (Å²) in [5, 5.41) is 4.65. The van der Waals surface area contributed by atoms with E-state index in [0.29, 0.717) is 11.4 Å². The maximum atomic E-state index is 14.7. The minimum atomic E-state index is -0.257. The number of aryl methyl sites for hydroxylation is 2. The van der Waals surface area contributed by atoms with Crippen molar-refractivity contribution < 1.29 is 8.96 Å². The molecule has 0 saturated heterocycles. The van der Waals surface area contributed by atoms with Gasteiger partial charge in [0.05, 0.1) is 29.0 Å². The van der Waals surface area contributed by atoms with E-state index >= 15 is 0 Å². The highest BCUT2D eigenvalue weighted by Gasteiger charge is 2.25. The van der Waals surface area contributed by atoms with Crippen LogP contribution < -0.4 is 4.57 Å². The molecule has 0 saturated carbocycles. The molecule has 0 spiro atoms. The average Bonchev–Trinajstić information content (AvgIpc) is 3.03. The Morgan fingerprint density at radius 2 is 1.79 bits per heavy atom. The Morgan fingerprint density at radius 3 is 2.59 bits per heavy atom. The van der Waals surface area contributed by atoms with E-state index in [2.05, 4.69) is 65.1 Å². The van der Waals surface area contributed by atoms with Crippen molar-refractivity contribution in [3.05, 3.63) is 65.7 Å². The molecule has 0 aliphatic rings.